The number of carbonyl (C=O) groups excluding carboxylic acids is 3. The van der Waals surface area contributed by atoms with Crippen molar-refractivity contribution in [1.82, 2.24) is 15.7 Å². The number of nitrogens with zero attached hydrogens (tertiary/aromatic N) is 1. The lowest BCUT2D eigenvalue weighted by Gasteiger charge is -2.33. The van der Waals surface area contributed by atoms with Gasteiger partial charge in [-0.3, -0.25) is 19.2 Å². The summed E-state index contributed by atoms with van der Waals surface area (Å²) < 4.78 is 6.12. The average molecular weight is 526 g/mol. The highest BCUT2D eigenvalue weighted by Crippen LogP contribution is 2.28. The Bertz CT molecular complexity index is 1180. The van der Waals surface area contributed by atoms with E-state index in [9.17, 15) is 14.4 Å². The van der Waals surface area contributed by atoms with Crippen LogP contribution >= 0.6 is 11.3 Å². The van der Waals surface area contributed by atoms with E-state index < -0.39 is 23.6 Å². The van der Waals surface area contributed by atoms with Crippen LogP contribution in [-0.4, -0.2) is 61.2 Å². The molecule has 0 aliphatic rings. The van der Waals surface area contributed by atoms with Gasteiger partial charge in [0.25, 0.3) is 0 Å². The van der Waals surface area contributed by atoms with Gasteiger partial charge in [-0.25, -0.2) is 5.06 Å². The number of hydroxylamine groups is 2. The van der Waals surface area contributed by atoms with Crippen LogP contribution in [0.15, 0.2) is 60.0 Å². The summed E-state index contributed by atoms with van der Waals surface area (Å²) in [5, 5.41) is 9.76. The maximum Gasteiger partial charge on any atom is 0.246 e. The van der Waals surface area contributed by atoms with Crippen molar-refractivity contribution < 1.29 is 24.0 Å². The highest BCUT2D eigenvalue weighted by molar-refractivity contribution is 7.17. The standard InChI is InChI=1S/C28H35N3O5S/c1-28(2,3)36-31(19-32)24(17-21-18-37-25-13-9-8-12-22(21)25)27(34)30-23(26(33)29-14-15-35-4)16-20-10-6-5-7-11-20/h5-13,18-19,23-24H,14-17H2,1-4H3,(H,29,33)(H,30,34)/t23?,24-/m0/s1. The van der Waals surface area contributed by atoms with Crippen LogP contribution in [0.2, 0.25) is 0 Å². The van der Waals surface area contributed by atoms with E-state index in [-0.39, 0.29) is 12.3 Å². The van der Waals surface area contributed by atoms with Crippen LogP contribution in [0, 0.1) is 0 Å². The number of nitrogens with one attached hydrogen (secondary N) is 2. The number of rotatable bonds is 13. The largest absolute Gasteiger partial charge is 0.383 e. The Morgan fingerprint density at radius 3 is 2.41 bits per heavy atom. The van der Waals surface area contributed by atoms with Gasteiger partial charge >= 0.3 is 0 Å². The molecule has 0 aliphatic carbocycles. The van der Waals surface area contributed by atoms with Crippen molar-refractivity contribution in [2.45, 2.75) is 51.3 Å². The number of hydrogen-bond acceptors (Lipinski definition) is 6. The molecule has 198 valence electrons. The SMILES string of the molecule is COCCNC(=O)C(Cc1ccccc1)NC(=O)[C@H](Cc1csc2ccccc12)N(C=O)OC(C)(C)C. The van der Waals surface area contributed by atoms with Crippen molar-refractivity contribution in [3.05, 3.63) is 71.1 Å². The lowest BCUT2D eigenvalue weighted by atomic mass is 10.0. The molecule has 1 unspecified atom stereocenters. The minimum Gasteiger partial charge on any atom is -0.383 e. The summed E-state index contributed by atoms with van der Waals surface area (Å²) in [6.07, 6.45) is 1.05. The second-order valence-electron chi connectivity index (χ2n) is 9.68. The molecule has 0 saturated heterocycles. The van der Waals surface area contributed by atoms with E-state index in [1.165, 1.54) is 0 Å². The van der Waals surface area contributed by atoms with Crippen LogP contribution in [-0.2, 0) is 36.8 Å². The van der Waals surface area contributed by atoms with Gasteiger partial charge in [-0.1, -0.05) is 48.5 Å². The molecule has 3 rings (SSSR count). The van der Waals surface area contributed by atoms with E-state index >= 15 is 0 Å². The molecule has 0 fully saturated rings. The molecule has 0 spiro atoms. The maximum atomic E-state index is 13.7. The predicted molar refractivity (Wildman–Crippen MR) is 145 cm³/mol. The van der Waals surface area contributed by atoms with E-state index in [1.807, 2.05) is 60.0 Å². The normalized spacial score (nSPS) is 13.1. The van der Waals surface area contributed by atoms with Crippen molar-refractivity contribution in [2.75, 3.05) is 20.3 Å². The third-order valence-electron chi connectivity index (χ3n) is 5.59. The van der Waals surface area contributed by atoms with Crippen LogP contribution in [0.25, 0.3) is 10.1 Å². The van der Waals surface area contributed by atoms with Gasteiger partial charge in [0.1, 0.15) is 12.1 Å². The van der Waals surface area contributed by atoms with E-state index in [1.54, 1.807) is 39.2 Å². The third-order valence-corrected chi connectivity index (χ3v) is 6.60. The van der Waals surface area contributed by atoms with Crippen LogP contribution < -0.4 is 10.6 Å². The molecular weight excluding hydrogens is 490 g/mol. The number of methoxy groups -OCH3 is 1. The number of ether oxygens (including phenoxy) is 1. The zero-order valence-corrected chi connectivity index (χ0v) is 22.5. The molecule has 0 saturated carbocycles. The highest BCUT2D eigenvalue weighted by Gasteiger charge is 2.33. The minimum atomic E-state index is -0.986. The second kappa shape index (κ2) is 13.3. The first-order valence-electron chi connectivity index (χ1n) is 12.2. The van der Waals surface area contributed by atoms with E-state index in [2.05, 4.69) is 10.6 Å². The number of hydrogen-bond donors (Lipinski definition) is 2. The smallest absolute Gasteiger partial charge is 0.246 e. The summed E-state index contributed by atoms with van der Waals surface area (Å²) in [5.41, 5.74) is 1.11. The molecule has 2 N–H and O–H groups in total. The fourth-order valence-corrected chi connectivity index (χ4v) is 4.87. The molecule has 3 aromatic rings. The molecule has 0 bridgehead atoms. The summed E-state index contributed by atoms with van der Waals surface area (Å²) in [6.45, 7) is 6.08. The summed E-state index contributed by atoms with van der Waals surface area (Å²) in [4.78, 5) is 44.8. The fraction of sp³-hybridized carbons (Fsp3) is 0.393. The van der Waals surface area contributed by atoms with Gasteiger partial charge in [0.2, 0.25) is 18.2 Å². The predicted octanol–water partition coefficient (Wildman–Crippen LogP) is 3.49. The zero-order valence-electron chi connectivity index (χ0n) is 21.7. The number of carbonyl (C=O) groups is 3. The van der Waals surface area contributed by atoms with Crippen LogP contribution in [0.5, 0.6) is 0 Å². The van der Waals surface area contributed by atoms with Gasteiger partial charge in [0.15, 0.2) is 0 Å². The Morgan fingerprint density at radius 2 is 1.73 bits per heavy atom. The first kappa shape index (κ1) is 28.3. The highest BCUT2D eigenvalue weighted by atomic mass is 32.1. The van der Waals surface area contributed by atoms with Crippen LogP contribution in [0.4, 0.5) is 0 Å². The minimum absolute atomic E-state index is 0.230. The molecule has 3 amide bonds. The van der Waals surface area contributed by atoms with Gasteiger partial charge in [0, 0.05) is 31.2 Å². The molecule has 1 heterocycles. The van der Waals surface area contributed by atoms with Crippen LogP contribution in [0.3, 0.4) is 0 Å². The summed E-state index contributed by atoms with van der Waals surface area (Å²) in [6, 6.07) is 15.5. The monoisotopic (exact) mass is 525 g/mol. The lowest BCUT2D eigenvalue weighted by Crippen LogP contribution is -2.56. The topological polar surface area (TPSA) is 97.0 Å². The number of amides is 3. The maximum absolute atomic E-state index is 13.7. The van der Waals surface area contributed by atoms with Gasteiger partial charge in [-0.05, 0) is 48.7 Å². The number of benzene rings is 2. The molecular formula is C28H35N3O5S. The first-order chi connectivity index (χ1) is 17.7. The molecule has 37 heavy (non-hydrogen) atoms. The lowest BCUT2D eigenvalue weighted by molar-refractivity contribution is -0.231. The Hall–Kier alpha value is -3.27. The first-order valence-corrected chi connectivity index (χ1v) is 13.1. The van der Waals surface area contributed by atoms with Gasteiger partial charge in [-0.2, -0.15) is 0 Å². The fourth-order valence-electron chi connectivity index (χ4n) is 3.90. The van der Waals surface area contributed by atoms with Crippen molar-refractivity contribution in [3.8, 4) is 0 Å². The van der Waals surface area contributed by atoms with Crippen molar-refractivity contribution >= 4 is 39.6 Å². The average Bonchev–Trinajstić information content (AvgIpc) is 3.28. The molecule has 0 radical (unpaired) electrons. The van der Waals surface area contributed by atoms with Gasteiger partial charge in [-0.15, -0.1) is 11.3 Å². The Kier molecular flexibility index (Phi) is 10.2. The Morgan fingerprint density at radius 1 is 1.03 bits per heavy atom. The molecule has 2 aromatic carbocycles. The summed E-state index contributed by atoms with van der Waals surface area (Å²) in [5.74, 6) is -0.808. The van der Waals surface area contributed by atoms with Crippen LogP contribution in [0.1, 0.15) is 31.9 Å². The van der Waals surface area contributed by atoms with E-state index in [0.717, 1.165) is 26.3 Å². The molecule has 8 nitrogen and oxygen atoms in total. The van der Waals surface area contributed by atoms with E-state index in [0.29, 0.717) is 26.0 Å². The molecule has 2 atom stereocenters. The second-order valence-corrected chi connectivity index (χ2v) is 10.6. The van der Waals surface area contributed by atoms with Gasteiger partial charge < -0.3 is 15.4 Å². The number of thiophene rings is 1. The Labute approximate surface area is 221 Å². The zero-order chi connectivity index (χ0) is 26.8. The molecule has 9 heteroatoms. The Balaban J connectivity index is 1.89. The van der Waals surface area contributed by atoms with E-state index in [4.69, 9.17) is 9.57 Å². The number of fused-ring (bicyclic) bond motifs is 1. The third kappa shape index (κ3) is 8.38. The van der Waals surface area contributed by atoms with Gasteiger partial charge in [0.05, 0.1) is 12.2 Å². The molecule has 0 aliphatic heterocycles. The van der Waals surface area contributed by atoms with Crippen molar-refractivity contribution in [2.24, 2.45) is 0 Å². The summed E-state index contributed by atoms with van der Waals surface area (Å²) >= 11 is 1.58. The van der Waals surface area contributed by atoms with Crippen molar-refractivity contribution in [1.29, 1.82) is 0 Å². The molecule has 1 aromatic heterocycles. The quantitative estimate of drug-likeness (QED) is 0.202. The summed E-state index contributed by atoms with van der Waals surface area (Å²) in [7, 11) is 1.55. The van der Waals surface area contributed by atoms with Crippen molar-refractivity contribution in [3.63, 3.8) is 0 Å².